The number of rotatable bonds is 3. The molecule has 0 bridgehead atoms. The highest BCUT2D eigenvalue weighted by atomic mass is 16.1. The molecule has 0 aromatic rings. The minimum absolute atomic E-state index is 0.00352. The number of allylic oxidation sites excluding steroid dienone is 4. The molecule has 1 rings (SSSR count). The molecule has 0 aromatic heterocycles. The van der Waals surface area contributed by atoms with Crippen LogP contribution in [0.15, 0.2) is 23.3 Å². The monoisotopic (exact) mass is 206 g/mol. The van der Waals surface area contributed by atoms with Gasteiger partial charge in [-0.2, -0.15) is 0 Å². The summed E-state index contributed by atoms with van der Waals surface area (Å²) in [5.41, 5.74) is 1.82. The molecule has 0 saturated heterocycles. The second-order valence-corrected chi connectivity index (χ2v) is 4.79. The molecule has 0 atom stereocenters. The van der Waals surface area contributed by atoms with Gasteiger partial charge in [0.25, 0.3) is 0 Å². The summed E-state index contributed by atoms with van der Waals surface area (Å²) in [6.45, 7) is 7.35. The summed E-state index contributed by atoms with van der Waals surface area (Å²) in [4.78, 5) is 22.3. The zero-order chi connectivity index (χ0) is 11.6. The topological polar surface area (TPSA) is 34.1 Å². The summed E-state index contributed by atoms with van der Waals surface area (Å²) in [5, 5.41) is 0. The highest BCUT2D eigenvalue weighted by molar-refractivity contribution is 5.99. The Morgan fingerprint density at radius 1 is 1.40 bits per heavy atom. The molecule has 0 fully saturated rings. The Bertz CT molecular complexity index is 357. The second kappa shape index (κ2) is 4.13. The highest BCUT2D eigenvalue weighted by Gasteiger charge is 2.31. The van der Waals surface area contributed by atoms with Gasteiger partial charge in [-0.3, -0.25) is 9.59 Å². The van der Waals surface area contributed by atoms with Crippen molar-refractivity contribution in [2.24, 2.45) is 5.41 Å². The van der Waals surface area contributed by atoms with Crippen LogP contribution in [-0.2, 0) is 9.59 Å². The standard InChI is InChI=1S/C13H18O2/c1-9(14)5-6-12-11(10(2)15)7-8-13(12,3)4/h6-7H,5,8H2,1-4H3. The van der Waals surface area contributed by atoms with Gasteiger partial charge in [-0.1, -0.05) is 26.0 Å². The average molecular weight is 206 g/mol. The fourth-order valence-electron chi connectivity index (χ4n) is 1.91. The minimum Gasteiger partial charge on any atom is -0.300 e. The molecule has 2 heteroatoms. The number of hydrogen-bond acceptors (Lipinski definition) is 2. The predicted octanol–water partition coefficient (Wildman–Crippen LogP) is 2.84. The van der Waals surface area contributed by atoms with Crippen molar-refractivity contribution in [2.45, 2.75) is 40.5 Å². The minimum atomic E-state index is -0.00352. The number of hydrogen-bond donors (Lipinski definition) is 0. The van der Waals surface area contributed by atoms with Crippen molar-refractivity contribution in [1.82, 2.24) is 0 Å². The van der Waals surface area contributed by atoms with Crippen molar-refractivity contribution in [3.05, 3.63) is 23.3 Å². The van der Waals surface area contributed by atoms with E-state index in [0.29, 0.717) is 6.42 Å². The van der Waals surface area contributed by atoms with E-state index in [9.17, 15) is 9.59 Å². The first kappa shape index (κ1) is 11.9. The van der Waals surface area contributed by atoms with Gasteiger partial charge in [-0.15, -0.1) is 0 Å². The Morgan fingerprint density at radius 3 is 2.47 bits per heavy atom. The number of carbonyl (C=O) groups excluding carboxylic acids is 2. The highest BCUT2D eigenvalue weighted by Crippen LogP contribution is 2.42. The third kappa shape index (κ3) is 2.65. The number of ketones is 2. The summed E-state index contributed by atoms with van der Waals surface area (Å²) >= 11 is 0. The van der Waals surface area contributed by atoms with Crippen LogP contribution in [0.3, 0.4) is 0 Å². The van der Waals surface area contributed by atoms with Crippen LogP contribution in [0.25, 0.3) is 0 Å². The van der Waals surface area contributed by atoms with E-state index in [1.54, 1.807) is 13.8 Å². The van der Waals surface area contributed by atoms with Gasteiger partial charge < -0.3 is 0 Å². The van der Waals surface area contributed by atoms with Gasteiger partial charge in [-0.05, 0) is 31.3 Å². The summed E-state index contributed by atoms with van der Waals surface area (Å²) in [6, 6.07) is 0. The molecule has 82 valence electrons. The third-order valence-electron chi connectivity index (χ3n) is 2.81. The third-order valence-corrected chi connectivity index (χ3v) is 2.81. The van der Waals surface area contributed by atoms with E-state index in [4.69, 9.17) is 0 Å². The maximum absolute atomic E-state index is 11.4. The van der Waals surface area contributed by atoms with Gasteiger partial charge in [0.1, 0.15) is 5.78 Å². The first-order chi connectivity index (χ1) is 6.84. The molecule has 0 unspecified atom stereocenters. The van der Waals surface area contributed by atoms with E-state index in [-0.39, 0.29) is 17.0 Å². The Labute approximate surface area is 91.1 Å². The van der Waals surface area contributed by atoms with Gasteiger partial charge >= 0.3 is 0 Å². The van der Waals surface area contributed by atoms with Gasteiger partial charge in [0.15, 0.2) is 5.78 Å². The molecule has 0 aliphatic heterocycles. The summed E-state index contributed by atoms with van der Waals surface area (Å²) in [6.07, 6.45) is 5.19. The SMILES string of the molecule is CC(=O)CC=C1C(C(C)=O)=CCC1(C)C. The van der Waals surface area contributed by atoms with Crippen molar-refractivity contribution in [1.29, 1.82) is 0 Å². The molecular weight excluding hydrogens is 188 g/mol. The molecule has 15 heavy (non-hydrogen) atoms. The Balaban J connectivity index is 2.99. The summed E-state index contributed by atoms with van der Waals surface area (Å²) in [7, 11) is 0. The van der Waals surface area contributed by atoms with Crippen LogP contribution in [-0.4, -0.2) is 11.6 Å². The van der Waals surface area contributed by atoms with Gasteiger partial charge in [0, 0.05) is 12.0 Å². The zero-order valence-corrected chi connectivity index (χ0v) is 9.89. The molecule has 1 aliphatic carbocycles. The molecule has 0 amide bonds. The molecule has 0 heterocycles. The molecule has 0 radical (unpaired) electrons. The lowest BCUT2D eigenvalue weighted by Crippen LogP contribution is -2.12. The zero-order valence-electron chi connectivity index (χ0n) is 9.89. The number of carbonyl (C=O) groups is 2. The fraction of sp³-hybridized carbons (Fsp3) is 0.538. The van der Waals surface area contributed by atoms with E-state index in [1.165, 1.54) is 0 Å². The van der Waals surface area contributed by atoms with E-state index >= 15 is 0 Å². The lowest BCUT2D eigenvalue weighted by Gasteiger charge is -2.21. The van der Waals surface area contributed by atoms with Crippen molar-refractivity contribution in [3.8, 4) is 0 Å². The molecule has 0 spiro atoms. The molecular formula is C13H18O2. The van der Waals surface area contributed by atoms with Crippen LogP contribution in [0.1, 0.15) is 40.5 Å². The largest absolute Gasteiger partial charge is 0.300 e. The average Bonchev–Trinajstić information content (AvgIpc) is 2.37. The van der Waals surface area contributed by atoms with E-state index in [1.807, 2.05) is 12.2 Å². The van der Waals surface area contributed by atoms with E-state index < -0.39 is 0 Å². The van der Waals surface area contributed by atoms with Crippen LogP contribution < -0.4 is 0 Å². The van der Waals surface area contributed by atoms with Crippen molar-refractivity contribution in [2.75, 3.05) is 0 Å². The molecule has 0 N–H and O–H groups in total. The second-order valence-electron chi connectivity index (χ2n) is 4.79. The van der Waals surface area contributed by atoms with Gasteiger partial charge in [0.2, 0.25) is 0 Å². The van der Waals surface area contributed by atoms with Crippen LogP contribution >= 0.6 is 0 Å². The van der Waals surface area contributed by atoms with E-state index in [2.05, 4.69) is 13.8 Å². The quantitative estimate of drug-likeness (QED) is 0.711. The maximum atomic E-state index is 11.4. The van der Waals surface area contributed by atoms with Gasteiger partial charge in [0.05, 0.1) is 0 Å². The normalized spacial score (nSPS) is 21.6. The van der Waals surface area contributed by atoms with Crippen molar-refractivity contribution >= 4 is 11.6 Å². The van der Waals surface area contributed by atoms with Gasteiger partial charge in [-0.25, -0.2) is 0 Å². The first-order valence-corrected chi connectivity index (χ1v) is 5.26. The lowest BCUT2D eigenvalue weighted by molar-refractivity contribution is -0.116. The molecule has 0 saturated carbocycles. The maximum Gasteiger partial charge on any atom is 0.159 e. The molecule has 2 nitrogen and oxygen atoms in total. The van der Waals surface area contributed by atoms with Crippen LogP contribution in [0.4, 0.5) is 0 Å². The Hall–Kier alpha value is -1.18. The number of Topliss-reactive ketones (excluding diaryl/α,β-unsaturated/α-hetero) is 2. The van der Waals surface area contributed by atoms with E-state index in [0.717, 1.165) is 17.6 Å². The van der Waals surface area contributed by atoms with Crippen LogP contribution in [0, 0.1) is 5.41 Å². The van der Waals surface area contributed by atoms with Crippen molar-refractivity contribution < 1.29 is 9.59 Å². The van der Waals surface area contributed by atoms with Crippen LogP contribution in [0.5, 0.6) is 0 Å². The molecule has 1 aliphatic rings. The smallest absolute Gasteiger partial charge is 0.159 e. The lowest BCUT2D eigenvalue weighted by atomic mass is 9.82. The Morgan fingerprint density at radius 2 is 2.00 bits per heavy atom. The summed E-state index contributed by atoms with van der Waals surface area (Å²) in [5.74, 6) is 0.225. The van der Waals surface area contributed by atoms with Crippen LogP contribution in [0.2, 0.25) is 0 Å². The molecule has 0 aromatic carbocycles. The predicted molar refractivity (Wildman–Crippen MR) is 60.5 cm³/mol. The summed E-state index contributed by atoms with van der Waals surface area (Å²) < 4.78 is 0. The first-order valence-electron chi connectivity index (χ1n) is 5.26. The fourth-order valence-corrected chi connectivity index (χ4v) is 1.91. The Kier molecular flexibility index (Phi) is 3.28. The van der Waals surface area contributed by atoms with Crippen molar-refractivity contribution in [3.63, 3.8) is 0 Å².